The molecule has 0 radical (unpaired) electrons. The summed E-state index contributed by atoms with van der Waals surface area (Å²) in [5.74, 6) is 3.69. The fourth-order valence-electron chi connectivity index (χ4n) is 1.58. The lowest BCUT2D eigenvalue weighted by molar-refractivity contribution is 0.00678. The highest BCUT2D eigenvalue weighted by Crippen LogP contribution is 2.26. The van der Waals surface area contributed by atoms with Crippen LogP contribution in [0.4, 0.5) is 8.78 Å². The fourth-order valence-corrected chi connectivity index (χ4v) is 1.58. The van der Waals surface area contributed by atoms with Crippen LogP contribution in [-0.2, 0) is 4.74 Å². The number of hydrogen-bond donors (Lipinski definition) is 2. The molecule has 1 unspecified atom stereocenters. The minimum Gasteiger partial charge on any atom is -0.379 e. The molecule has 0 fully saturated rings. The Morgan fingerprint density at radius 3 is 2.47 bits per heavy atom. The smallest absolute Gasteiger partial charge is 0.159 e. The number of nitrogens with two attached hydrogens (primary N) is 1. The minimum atomic E-state index is -0.877. The van der Waals surface area contributed by atoms with E-state index in [1.165, 1.54) is 6.07 Å². The van der Waals surface area contributed by atoms with Crippen molar-refractivity contribution in [1.29, 1.82) is 0 Å². The van der Waals surface area contributed by atoms with Crippen LogP contribution in [0.2, 0.25) is 0 Å². The normalized spacial score (nSPS) is 13.8. The molecule has 5 heteroatoms. The molecule has 0 spiro atoms. The monoisotopic (exact) mass is 244 g/mol. The van der Waals surface area contributed by atoms with Gasteiger partial charge in [0.1, 0.15) is 0 Å². The maximum Gasteiger partial charge on any atom is 0.159 e. The Morgan fingerprint density at radius 1 is 1.35 bits per heavy atom. The molecule has 0 aromatic heterocycles. The molecular formula is C12H18F2N2O. The Hall–Kier alpha value is -1.04. The first kappa shape index (κ1) is 14.0. The van der Waals surface area contributed by atoms with Crippen LogP contribution in [0.5, 0.6) is 0 Å². The predicted octanol–water partition coefficient (Wildman–Crippen LogP) is 2.28. The van der Waals surface area contributed by atoms with Crippen molar-refractivity contribution in [2.75, 3.05) is 7.11 Å². The van der Waals surface area contributed by atoms with Gasteiger partial charge in [-0.05, 0) is 38.0 Å². The highest BCUT2D eigenvalue weighted by molar-refractivity contribution is 5.21. The summed E-state index contributed by atoms with van der Waals surface area (Å²) in [6, 6.07) is 3.45. The Morgan fingerprint density at radius 2 is 2.00 bits per heavy atom. The third kappa shape index (κ3) is 3.73. The number of nitrogens with one attached hydrogen (secondary N) is 1. The molecule has 96 valence electrons. The Bertz CT molecular complexity index is 383. The maximum atomic E-state index is 13.1. The van der Waals surface area contributed by atoms with Crippen LogP contribution in [0, 0.1) is 11.6 Å². The lowest BCUT2D eigenvalue weighted by atomic mass is 9.94. The summed E-state index contributed by atoms with van der Waals surface area (Å²) in [5.41, 5.74) is 2.78. The van der Waals surface area contributed by atoms with Crippen molar-refractivity contribution in [3.63, 3.8) is 0 Å². The summed E-state index contributed by atoms with van der Waals surface area (Å²) < 4.78 is 31.2. The summed E-state index contributed by atoms with van der Waals surface area (Å²) >= 11 is 0. The number of ether oxygens (including phenoxy) is 1. The minimum absolute atomic E-state index is 0.292. The third-order valence-electron chi connectivity index (χ3n) is 2.80. The van der Waals surface area contributed by atoms with Crippen LogP contribution in [0.25, 0.3) is 0 Å². The van der Waals surface area contributed by atoms with Gasteiger partial charge in [-0.15, -0.1) is 0 Å². The third-order valence-corrected chi connectivity index (χ3v) is 2.80. The van der Waals surface area contributed by atoms with E-state index in [4.69, 9.17) is 10.6 Å². The Labute approximate surface area is 99.9 Å². The number of hydrazine groups is 1. The molecule has 0 bridgehead atoms. The van der Waals surface area contributed by atoms with E-state index < -0.39 is 17.2 Å². The Kier molecular flexibility index (Phi) is 4.56. The van der Waals surface area contributed by atoms with Crippen molar-refractivity contribution < 1.29 is 13.5 Å². The van der Waals surface area contributed by atoms with Crippen molar-refractivity contribution in [3.8, 4) is 0 Å². The molecule has 1 atom stereocenters. The van der Waals surface area contributed by atoms with E-state index in [9.17, 15) is 8.78 Å². The summed E-state index contributed by atoms with van der Waals surface area (Å²) in [5, 5.41) is 0. The molecule has 0 aliphatic rings. The van der Waals surface area contributed by atoms with Crippen molar-refractivity contribution in [2.45, 2.75) is 31.9 Å². The second-order valence-electron chi connectivity index (χ2n) is 4.56. The zero-order valence-electron chi connectivity index (χ0n) is 10.3. The molecule has 1 aromatic carbocycles. The van der Waals surface area contributed by atoms with Gasteiger partial charge in [0.15, 0.2) is 11.6 Å². The average molecular weight is 244 g/mol. The van der Waals surface area contributed by atoms with Crippen LogP contribution in [0.1, 0.15) is 31.9 Å². The van der Waals surface area contributed by atoms with Gasteiger partial charge in [-0.2, -0.15) is 0 Å². The summed E-state index contributed by atoms with van der Waals surface area (Å²) in [4.78, 5) is 0. The molecule has 1 aromatic rings. The van der Waals surface area contributed by atoms with E-state index in [1.54, 1.807) is 7.11 Å². The second-order valence-corrected chi connectivity index (χ2v) is 4.56. The summed E-state index contributed by atoms with van der Waals surface area (Å²) in [7, 11) is 1.60. The van der Waals surface area contributed by atoms with E-state index in [2.05, 4.69) is 5.43 Å². The fraction of sp³-hybridized carbons (Fsp3) is 0.500. The predicted molar refractivity (Wildman–Crippen MR) is 62.1 cm³/mol. The van der Waals surface area contributed by atoms with E-state index in [0.29, 0.717) is 12.0 Å². The van der Waals surface area contributed by atoms with Crippen molar-refractivity contribution >= 4 is 0 Å². The quantitative estimate of drug-likeness (QED) is 0.617. The highest BCUT2D eigenvalue weighted by atomic mass is 19.2. The molecule has 0 amide bonds. The van der Waals surface area contributed by atoms with Crippen LogP contribution in [-0.4, -0.2) is 12.7 Å². The van der Waals surface area contributed by atoms with Gasteiger partial charge in [0.05, 0.1) is 5.60 Å². The zero-order valence-corrected chi connectivity index (χ0v) is 10.3. The number of hydrogen-bond acceptors (Lipinski definition) is 3. The van der Waals surface area contributed by atoms with E-state index in [-0.39, 0.29) is 6.04 Å². The van der Waals surface area contributed by atoms with Gasteiger partial charge in [0, 0.05) is 13.2 Å². The molecule has 0 heterocycles. The van der Waals surface area contributed by atoms with E-state index >= 15 is 0 Å². The topological polar surface area (TPSA) is 47.3 Å². The lowest BCUT2D eigenvalue weighted by Crippen LogP contribution is -2.35. The van der Waals surface area contributed by atoms with Crippen LogP contribution in [0.3, 0.4) is 0 Å². The average Bonchev–Trinajstić information content (AvgIpc) is 2.30. The SMILES string of the molecule is COC(C)(C)CC(NN)c1ccc(F)c(F)c1. The molecule has 0 aliphatic carbocycles. The van der Waals surface area contributed by atoms with Gasteiger partial charge in [0.2, 0.25) is 0 Å². The summed E-state index contributed by atoms with van der Waals surface area (Å²) in [6.45, 7) is 3.80. The number of benzene rings is 1. The first-order valence-corrected chi connectivity index (χ1v) is 5.36. The molecule has 3 N–H and O–H groups in total. The first-order chi connectivity index (χ1) is 7.89. The van der Waals surface area contributed by atoms with Gasteiger partial charge in [-0.1, -0.05) is 6.07 Å². The number of methoxy groups -OCH3 is 1. The molecule has 0 aliphatic heterocycles. The van der Waals surface area contributed by atoms with E-state index in [1.807, 2.05) is 13.8 Å². The molecule has 0 saturated heterocycles. The van der Waals surface area contributed by atoms with Gasteiger partial charge >= 0.3 is 0 Å². The largest absolute Gasteiger partial charge is 0.379 e. The van der Waals surface area contributed by atoms with Gasteiger partial charge < -0.3 is 4.74 Å². The van der Waals surface area contributed by atoms with Gasteiger partial charge in [-0.25, -0.2) is 8.78 Å². The maximum absolute atomic E-state index is 13.1. The standard InChI is InChI=1S/C12H18F2N2O/c1-12(2,17-3)7-11(16-15)8-4-5-9(13)10(14)6-8/h4-6,11,16H,7,15H2,1-3H3. The first-order valence-electron chi connectivity index (χ1n) is 5.36. The van der Waals surface area contributed by atoms with Crippen LogP contribution >= 0.6 is 0 Å². The van der Waals surface area contributed by atoms with Crippen molar-refractivity contribution in [2.24, 2.45) is 5.84 Å². The van der Waals surface area contributed by atoms with Crippen molar-refractivity contribution in [3.05, 3.63) is 35.4 Å². The van der Waals surface area contributed by atoms with Crippen LogP contribution in [0.15, 0.2) is 18.2 Å². The zero-order chi connectivity index (χ0) is 13.1. The van der Waals surface area contributed by atoms with Crippen LogP contribution < -0.4 is 11.3 Å². The highest BCUT2D eigenvalue weighted by Gasteiger charge is 2.23. The molecule has 0 saturated carbocycles. The molecular weight excluding hydrogens is 226 g/mol. The van der Waals surface area contributed by atoms with Gasteiger partial charge in [-0.3, -0.25) is 11.3 Å². The molecule has 1 rings (SSSR count). The number of rotatable bonds is 5. The number of halogens is 2. The van der Waals surface area contributed by atoms with Crippen molar-refractivity contribution in [1.82, 2.24) is 5.43 Å². The molecule has 17 heavy (non-hydrogen) atoms. The van der Waals surface area contributed by atoms with Gasteiger partial charge in [0.25, 0.3) is 0 Å². The Balaban J connectivity index is 2.90. The second kappa shape index (κ2) is 5.53. The van der Waals surface area contributed by atoms with E-state index in [0.717, 1.165) is 12.1 Å². The molecule has 3 nitrogen and oxygen atoms in total. The lowest BCUT2D eigenvalue weighted by Gasteiger charge is -2.28. The summed E-state index contributed by atoms with van der Waals surface area (Å²) in [6.07, 6.45) is 0.547.